The first-order chi connectivity index (χ1) is 15.2. The Morgan fingerprint density at radius 1 is 1.16 bits per heavy atom. The molecule has 2 heterocycles. The molecule has 0 unspecified atom stereocenters. The molecule has 1 fully saturated rings. The Morgan fingerprint density at radius 3 is 2.50 bits per heavy atom. The van der Waals surface area contributed by atoms with E-state index in [2.05, 4.69) is 25.8 Å². The van der Waals surface area contributed by atoms with Gasteiger partial charge < -0.3 is 9.64 Å². The van der Waals surface area contributed by atoms with Crippen LogP contribution in [0.3, 0.4) is 0 Å². The summed E-state index contributed by atoms with van der Waals surface area (Å²) in [5.41, 5.74) is 1.73. The van der Waals surface area contributed by atoms with Crippen molar-refractivity contribution in [3.63, 3.8) is 0 Å². The lowest BCUT2D eigenvalue weighted by Gasteiger charge is -2.34. The molecule has 0 bridgehead atoms. The zero-order valence-electron chi connectivity index (χ0n) is 17.4. The number of rotatable bonds is 9. The summed E-state index contributed by atoms with van der Waals surface area (Å²) < 4.78 is 37.3. The number of carbonyl (C=O) groups is 1. The third-order valence-corrected chi connectivity index (χ3v) is 6.61. The van der Waals surface area contributed by atoms with Crippen LogP contribution in [0.1, 0.15) is 11.1 Å². The number of carbonyl (C=O) groups excluding carboxylic acids is 1. The van der Waals surface area contributed by atoms with Crippen LogP contribution in [0.4, 0.5) is 0 Å². The third-order valence-electron chi connectivity index (χ3n) is 5.21. The van der Waals surface area contributed by atoms with Crippen LogP contribution in [0.5, 0.6) is 5.88 Å². The van der Waals surface area contributed by atoms with E-state index >= 15 is 0 Å². The summed E-state index contributed by atoms with van der Waals surface area (Å²) in [6.45, 7) is 3.54. The molecule has 11 heteroatoms. The van der Waals surface area contributed by atoms with Gasteiger partial charge in [0.05, 0.1) is 5.75 Å². The number of hydrogen-bond acceptors (Lipinski definition) is 6. The monoisotopic (exact) mass is 545 g/mol. The minimum Gasteiger partial charge on any atom is -0.467 e. The average molecular weight is 547 g/mol. The van der Waals surface area contributed by atoms with E-state index < -0.39 is 15.9 Å². The van der Waals surface area contributed by atoms with Crippen molar-refractivity contribution >= 4 is 43.6 Å². The van der Waals surface area contributed by atoms with Gasteiger partial charge in [0.15, 0.2) is 6.61 Å². The van der Waals surface area contributed by atoms with Gasteiger partial charge in [-0.15, -0.1) is 0 Å². The zero-order chi connectivity index (χ0) is 23.1. The third kappa shape index (κ3) is 8.00. The van der Waals surface area contributed by atoms with Crippen LogP contribution in [0.15, 0.2) is 41.0 Å². The van der Waals surface area contributed by atoms with Crippen molar-refractivity contribution in [3.05, 3.63) is 57.2 Å². The number of pyridine rings is 1. The number of halogens is 2. The normalized spacial score (nSPS) is 15.0. The van der Waals surface area contributed by atoms with Gasteiger partial charge in [-0.2, -0.15) is 8.42 Å². The second-order valence-corrected chi connectivity index (χ2v) is 10.5. The van der Waals surface area contributed by atoms with Gasteiger partial charge in [-0.25, -0.2) is 4.98 Å². The summed E-state index contributed by atoms with van der Waals surface area (Å²) in [5.74, 6) is -0.410. The van der Waals surface area contributed by atoms with Gasteiger partial charge >= 0.3 is 0 Å². The van der Waals surface area contributed by atoms with Crippen LogP contribution >= 0.6 is 27.5 Å². The van der Waals surface area contributed by atoms with Crippen LogP contribution in [-0.4, -0.2) is 78.7 Å². The lowest BCUT2D eigenvalue weighted by molar-refractivity contribution is -0.135. The molecule has 0 aliphatic carbocycles. The predicted molar refractivity (Wildman–Crippen MR) is 126 cm³/mol. The van der Waals surface area contributed by atoms with Gasteiger partial charge in [0.1, 0.15) is 0 Å². The summed E-state index contributed by atoms with van der Waals surface area (Å²) in [6, 6.07) is 9.50. The maximum atomic E-state index is 12.6. The molecule has 1 N–H and O–H groups in total. The van der Waals surface area contributed by atoms with Crippen molar-refractivity contribution in [3.8, 4) is 5.88 Å². The highest BCUT2D eigenvalue weighted by Crippen LogP contribution is 2.21. The molecule has 1 saturated heterocycles. The van der Waals surface area contributed by atoms with Crippen molar-refractivity contribution in [1.82, 2.24) is 14.8 Å². The first-order valence-corrected chi connectivity index (χ1v) is 12.9. The van der Waals surface area contributed by atoms with Gasteiger partial charge in [0.2, 0.25) is 5.88 Å². The van der Waals surface area contributed by atoms with Crippen molar-refractivity contribution in [2.24, 2.45) is 0 Å². The Labute approximate surface area is 201 Å². The molecule has 2 aromatic rings. The van der Waals surface area contributed by atoms with E-state index in [0.717, 1.165) is 31.1 Å². The van der Waals surface area contributed by atoms with Gasteiger partial charge in [-0.1, -0.05) is 23.7 Å². The van der Waals surface area contributed by atoms with Crippen molar-refractivity contribution in [1.29, 1.82) is 0 Å². The maximum Gasteiger partial charge on any atom is 0.265 e. The van der Waals surface area contributed by atoms with E-state index in [1.807, 2.05) is 24.3 Å². The number of hydrogen-bond donors (Lipinski definition) is 1. The van der Waals surface area contributed by atoms with Crippen LogP contribution < -0.4 is 4.74 Å². The summed E-state index contributed by atoms with van der Waals surface area (Å²) in [7, 11) is -4.11. The predicted octanol–water partition coefficient (Wildman–Crippen LogP) is 2.69. The summed E-state index contributed by atoms with van der Waals surface area (Å²) >= 11 is 9.20. The van der Waals surface area contributed by atoms with Gasteiger partial charge in [-0.3, -0.25) is 14.2 Å². The zero-order valence-corrected chi connectivity index (χ0v) is 20.6. The Kier molecular flexibility index (Phi) is 8.89. The van der Waals surface area contributed by atoms with Gasteiger partial charge in [-0.05, 0) is 52.5 Å². The number of aromatic nitrogens is 1. The molecular formula is C21H25BrClN3O5S. The molecule has 1 aliphatic rings. The average Bonchev–Trinajstić information content (AvgIpc) is 2.76. The van der Waals surface area contributed by atoms with Crippen LogP contribution in [0, 0.1) is 0 Å². The minimum atomic E-state index is -4.11. The Hall–Kier alpha value is -1.72. The number of benzene rings is 1. The Bertz CT molecular complexity index is 1030. The number of ether oxygens (including phenoxy) is 1. The first kappa shape index (κ1) is 24.9. The van der Waals surface area contributed by atoms with E-state index in [9.17, 15) is 13.2 Å². The Morgan fingerprint density at radius 2 is 1.84 bits per heavy atom. The highest BCUT2D eigenvalue weighted by Gasteiger charge is 2.22. The molecule has 1 aliphatic heterocycles. The van der Waals surface area contributed by atoms with E-state index in [1.165, 1.54) is 11.8 Å². The standard InChI is InChI=1S/C21H25BrClN3O5S/c22-18-13-17(6-12-32(28,29)30)21(24-14-18)31-15-20(27)26-10-8-25(9-11-26)7-5-16-1-3-19(23)4-2-16/h1-4,13-14H,5-12,15H2,(H,28,29,30). The molecular weight excluding hydrogens is 522 g/mol. The Balaban J connectivity index is 1.45. The fourth-order valence-electron chi connectivity index (χ4n) is 3.40. The van der Waals surface area contributed by atoms with Crippen LogP contribution in [-0.2, 0) is 27.8 Å². The van der Waals surface area contributed by atoms with Gasteiger partial charge in [0, 0.05) is 54.0 Å². The summed E-state index contributed by atoms with van der Waals surface area (Å²) in [4.78, 5) is 20.8. The number of nitrogens with zero attached hydrogens (tertiary/aromatic N) is 3. The molecule has 1 aromatic carbocycles. The van der Waals surface area contributed by atoms with Crippen molar-refractivity contribution < 1.29 is 22.5 Å². The minimum absolute atomic E-state index is 0.0289. The van der Waals surface area contributed by atoms with E-state index in [-0.39, 0.29) is 24.8 Å². The first-order valence-electron chi connectivity index (χ1n) is 10.2. The van der Waals surface area contributed by atoms with E-state index in [1.54, 1.807) is 11.0 Å². The maximum absolute atomic E-state index is 12.6. The second-order valence-electron chi connectivity index (χ2n) is 7.54. The fourth-order valence-corrected chi connectivity index (χ4v) is 4.38. The second kappa shape index (κ2) is 11.4. The largest absolute Gasteiger partial charge is 0.467 e. The van der Waals surface area contributed by atoms with E-state index in [4.69, 9.17) is 20.9 Å². The fraction of sp³-hybridized carbons (Fsp3) is 0.429. The molecule has 0 radical (unpaired) electrons. The highest BCUT2D eigenvalue weighted by molar-refractivity contribution is 9.10. The molecule has 0 atom stereocenters. The summed E-state index contributed by atoms with van der Waals surface area (Å²) in [5, 5.41) is 0.729. The number of piperazine rings is 1. The quantitative estimate of drug-likeness (QED) is 0.483. The van der Waals surface area contributed by atoms with Crippen LogP contribution in [0.25, 0.3) is 0 Å². The lowest BCUT2D eigenvalue weighted by atomic mass is 10.1. The molecule has 1 aromatic heterocycles. The van der Waals surface area contributed by atoms with E-state index in [0.29, 0.717) is 23.1 Å². The molecule has 0 spiro atoms. The SMILES string of the molecule is O=C(COc1ncc(Br)cc1CCS(=O)(=O)O)N1CCN(CCc2ccc(Cl)cc2)CC1. The highest BCUT2D eigenvalue weighted by atomic mass is 79.9. The van der Waals surface area contributed by atoms with Crippen LogP contribution in [0.2, 0.25) is 5.02 Å². The summed E-state index contributed by atoms with van der Waals surface area (Å²) in [6.07, 6.45) is 2.47. The number of aryl methyl sites for hydroxylation is 1. The van der Waals surface area contributed by atoms with Crippen molar-refractivity contribution in [2.45, 2.75) is 12.8 Å². The topological polar surface area (TPSA) is 100 Å². The molecule has 174 valence electrons. The lowest BCUT2D eigenvalue weighted by Crippen LogP contribution is -2.50. The number of amides is 1. The molecule has 32 heavy (non-hydrogen) atoms. The molecule has 0 saturated carbocycles. The van der Waals surface area contributed by atoms with Gasteiger partial charge in [0.25, 0.3) is 16.0 Å². The molecule has 8 nitrogen and oxygen atoms in total. The molecule has 1 amide bonds. The van der Waals surface area contributed by atoms with Crippen molar-refractivity contribution in [2.75, 3.05) is 45.1 Å². The smallest absolute Gasteiger partial charge is 0.265 e. The molecule has 3 rings (SSSR count).